The molecule has 1 saturated heterocycles. The summed E-state index contributed by atoms with van der Waals surface area (Å²) in [4.78, 5) is 12.4. The zero-order chi connectivity index (χ0) is 19.3. The molecule has 0 spiro atoms. The highest BCUT2D eigenvalue weighted by atomic mass is 79.9. The summed E-state index contributed by atoms with van der Waals surface area (Å²) >= 11 is 3.22. The number of benzene rings is 2. The topological polar surface area (TPSA) is 63.7 Å². The van der Waals surface area contributed by atoms with E-state index in [0.717, 1.165) is 5.56 Å². The fourth-order valence-electron chi connectivity index (χ4n) is 2.72. The molecule has 2 aromatic carbocycles. The molecule has 0 radical (unpaired) electrons. The van der Waals surface area contributed by atoms with Crippen LogP contribution in [0.5, 0.6) is 0 Å². The molecule has 5 nitrogen and oxygen atoms in total. The zero-order valence-corrected chi connectivity index (χ0v) is 16.4. The van der Waals surface area contributed by atoms with E-state index < -0.39 is 27.5 Å². The zero-order valence-electron chi connectivity index (χ0n) is 14.0. The van der Waals surface area contributed by atoms with Crippen LogP contribution in [-0.4, -0.2) is 18.8 Å². The summed E-state index contributed by atoms with van der Waals surface area (Å²) in [5.41, 5.74) is -0.262. The lowest BCUT2D eigenvalue weighted by atomic mass is 9.93. The Morgan fingerprint density at radius 1 is 1.19 bits per heavy atom. The molecule has 1 fully saturated rings. The third kappa shape index (κ3) is 2.83. The molecule has 0 aromatic heterocycles. The minimum absolute atomic E-state index is 0.0522. The molecule has 8 heteroatoms. The summed E-state index contributed by atoms with van der Waals surface area (Å²) in [7, 11) is -4.18. The van der Waals surface area contributed by atoms with Crippen LogP contribution in [0.3, 0.4) is 0 Å². The number of carbonyl (C=O) groups is 1. The van der Waals surface area contributed by atoms with E-state index in [1.54, 1.807) is 12.1 Å². The molecule has 0 N–H and O–H groups in total. The van der Waals surface area contributed by atoms with Crippen molar-refractivity contribution in [3.05, 3.63) is 76.2 Å². The van der Waals surface area contributed by atoms with Gasteiger partial charge >= 0.3 is 6.09 Å². The van der Waals surface area contributed by atoms with E-state index in [1.807, 2.05) is 6.92 Å². The van der Waals surface area contributed by atoms with Crippen molar-refractivity contribution in [3.8, 4) is 0 Å². The van der Waals surface area contributed by atoms with Crippen molar-refractivity contribution in [3.63, 3.8) is 0 Å². The second-order valence-electron chi connectivity index (χ2n) is 6.05. The van der Waals surface area contributed by atoms with Crippen molar-refractivity contribution in [2.45, 2.75) is 24.3 Å². The predicted molar refractivity (Wildman–Crippen MR) is 97.3 cm³/mol. The summed E-state index contributed by atoms with van der Waals surface area (Å²) in [6.45, 7) is 7.11. The molecule has 1 aliphatic heterocycles. The number of halogens is 2. The Morgan fingerprint density at radius 2 is 1.81 bits per heavy atom. The third-order valence-electron chi connectivity index (χ3n) is 4.26. The molecule has 1 heterocycles. The number of amides is 1. The lowest BCUT2D eigenvalue weighted by molar-refractivity contribution is 0.0814. The lowest BCUT2D eigenvalue weighted by Crippen LogP contribution is -2.32. The van der Waals surface area contributed by atoms with Crippen LogP contribution in [0.25, 0.3) is 0 Å². The standard InChI is InChI=1S/C18H15BrFNO4S/c1-11-4-7-14(8-5-11)26(23,24)21-12(2)18(3,25-17(21)22)15-9-6-13(20)10-16(15)19/h4-10H,2H2,1,3H3. The highest BCUT2D eigenvalue weighted by Gasteiger charge is 2.52. The number of ether oxygens (including phenoxy) is 1. The lowest BCUT2D eigenvalue weighted by Gasteiger charge is -2.25. The van der Waals surface area contributed by atoms with Crippen LogP contribution in [0.1, 0.15) is 18.1 Å². The van der Waals surface area contributed by atoms with Crippen LogP contribution < -0.4 is 0 Å². The second-order valence-corrected chi connectivity index (χ2v) is 8.70. The molecular weight excluding hydrogens is 425 g/mol. The van der Waals surface area contributed by atoms with Crippen LogP contribution in [0.2, 0.25) is 0 Å². The maximum Gasteiger partial charge on any atom is 0.429 e. The highest BCUT2D eigenvalue weighted by molar-refractivity contribution is 9.10. The molecule has 2 aromatic rings. The van der Waals surface area contributed by atoms with Crippen LogP contribution in [0, 0.1) is 12.7 Å². The average Bonchev–Trinajstić information content (AvgIpc) is 2.78. The Bertz CT molecular complexity index is 1020. The maximum atomic E-state index is 13.4. The van der Waals surface area contributed by atoms with Crippen LogP contribution in [0.15, 0.2) is 64.1 Å². The van der Waals surface area contributed by atoms with Gasteiger partial charge in [-0.05, 0) is 38.1 Å². The van der Waals surface area contributed by atoms with E-state index in [-0.39, 0.29) is 10.6 Å². The number of cyclic esters (lactones) is 1. The van der Waals surface area contributed by atoms with E-state index in [1.165, 1.54) is 37.3 Å². The van der Waals surface area contributed by atoms with Gasteiger partial charge in [-0.25, -0.2) is 17.6 Å². The Kier molecular flexibility index (Phi) is 4.44. The largest absolute Gasteiger partial charge is 0.431 e. The number of carbonyl (C=O) groups excluding carboxylic acids is 1. The number of rotatable bonds is 3. The molecule has 1 unspecified atom stereocenters. The molecule has 0 saturated carbocycles. The molecule has 3 rings (SSSR count). The fourth-order valence-corrected chi connectivity index (χ4v) is 4.84. The molecule has 0 bridgehead atoms. The van der Waals surface area contributed by atoms with Gasteiger partial charge < -0.3 is 4.74 Å². The first-order valence-electron chi connectivity index (χ1n) is 7.57. The fraction of sp³-hybridized carbons (Fsp3) is 0.167. The number of sulfonamides is 1. The first-order chi connectivity index (χ1) is 12.1. The SMILES string of the molecule is C=C1N(S(=O)(=O)c2ccc(C)cc2)C(=O)OC1(C)c1ccc(F)cc1Br. The highest BCUT2D eigenvalue weighted by Crippen LogP contribution is 2.45. The number of hydrogen-bond acceptors (Lipinski definition) is 4. The average molecular weight is 440 g/mol. The van der Waals surface area contributed by atoms with Gasteiger partial charge in [0, 0.05) is 10.0 Å². The van der Waals surface area contributed by atoms with Gasteiger partial charge in [0.15, 0.2) is 5.60 Å². The quantitative estimate of drug-likeness (QED) is 0.707. The third-order valence-corrected chi connectivity index (χ3v) is 6.63. The Labute approximate surface area is 159 Å². The van der Waals surface area contributed by atoms with Gasteiger partial charge in [-0.3, -0.25) is 0 Å². The normalized spacial score (nSPS) is 20.4. The van der Waals surface area contributed by atoms with Gasteiger partial charge in [0.1, 0.15) is 5.82 Å². The van der Waals surface area contributed by atoms with E-state index in [2.05, 4.69) is 22.5 Å². The Balaban J connectivity index is 2.08. The predicted octanol–water partition coefficient (Wildman–Crippen LogP) is 4.47. The van der Waals surface area contributed by atoms with Gasteiger partial charge in [-0.2, -0.15) is 4.31 Å². The van der Waals surface area contributed by atoms with Gasteiger partial charge in [0.05, 0.1) is 10.6 Å². The van der Waals surface area contributed by atoms with Crippen molar-refractivity contribution in [1.29, 1.82) is 0 Å². The van der Waals surface area contributed by atoms with Gasteiger partial charge in [-0.15, -0.1) is 0 Å². The first-order valence-corrected chi connectivity index (χ1v) is 9.80. The summed E-state index contributed by atoms with van der Waals surface area (Å²) in [6.07, 6.45) is -1.06. The second kappa shape index (κ2) is 6.21. The van der Waals surface area contributed by atoms with Crippen molar-refractivity contribution in [2.24, 2.45) is 0 Å². The van der Waals surface area contributed by atoms with E-state index >= 15 is 0 Å². The summed E-state index contributed by atoms with van der Waals surface area (Å²) in [6, 6.07) is 9.91. The van der Waals surface area contributed by atoms with Crippen molar-refractivity contribution in [2.75, 3.05) is 0 Å². The van der Waals surface area contributed by atoms with E-state index in [4.69, 9.17) is 4.74 Å². The minimum Gasteiger partial charge on any atom is -0.431 e. The Morgan fingerprint density at radius 3 is 2.38 bits per heavy atom. The molecular formula is C18H15BrFNO4S. The number of hydrogen-bond donors (Lipinski definition) is 0. The summed E-state index contributed by atoms with van der Waals surface area (Å²) in [5.74, 6) is -0.483. The molecule has 1 atom stereocenters. The maximum absolute atomic E-state index is 13.4. The first kappa shape index (κ1) is 18.6. The number of aryl methyl sites for hydroxylation is 1. The van der Waals surface area contributed by atoms with Crippen molar-refractivity contribution >= 4 is 32.0 Å². The van der Waals surface area contributed by atoms with Crippen LogP contribution in [-0.2, 0) is 20.4 Å². The molecule has 0 aliphatic carbocycles. The summed E-state index contributed by atoms with van der Waals surface area (Å²) in [5, 5.41) is 0. The number of nitrogens with zero attached hydrogens (tertiary/aromatic N) is 1. The Hall–Kier alpha value is -2.19. The van der Waals surface area contributed by atoms with Crippen LogP contribution in [0.4, 0.5) is 9.18 Å². The van der Waals surface area contributed by atoms with Gasteiger partial charge in [0.2, 0.25) is 0 Å². The smallest absolute Gasteiger partial charge is 0.429 e. The van der Waals surface area contributed by atoms with Gasteiger partial charge in [-0.1, -0.05) is 46.3 Å². The molecule has 1 aliphatic rings. The molecule has 136 valence electrons. The summed E-state index contributed by atoms with van der Waals surface area (Å²) < 4.78 is 45.5. The molecule has 1 amide bonds. The molecule has 26 heavy (non-hydrogen) atoms. The minimum atomic E-state index is -4.18. The van der Waals surface area contributed by atoms with E-state index in [9.17, 15) is 17.6 Å². The monoisotopic (exact) mass is 439 g/mol. The van der Waals surface area contributed by atoms with E-state index in [0.29, 0.717) is 14.3 Å². The van der Waals surface area contributed by atoms with Crippen LogP contribution >= 0.6 is 15.9 Å². The van der Waals surface area contributed by atoms with Crippen molar-refractivity contribution < 1.29 is 22.3 Å². The van der Waals surface area contributed by atoms with Gasteiger partial charge in [0.25, 0.3) is 10.0 Å². The van der Waals surface area contributed by atoms with Crippen molar-refractivity contribution in [1.82, 2.24) is 4.31 Å².